The highest BCUT2D eigenvalue weighted by Gasteiger charge is 2.16. The van der Waals surface area contributed by atoms with Crippen LogP contribution in [-0.4, -0.2) is 79.3 Å². The SMILES string of the molecule is C=C(C#Cc1ccc(-c2cc(NCCCN3CCCCC3)c3cnccc3n2)cc1)NCC1CCN(C)CC1.CC.CC#CPC.CCC. The molecule has 2 aliphatic heterocycles. The Bertz CT molecular complexity index is 1470. The van der Waals surface area contributed by atoms with E-state index in [4.69, 9.17) is 4.98 Å². The number of fused-ring (bicyclic) bond motifs is 1. The summed E-state index contributed by atoms with van der Waals surface area (Å²) in [5.74, 6) is 9.93. The Morgan fingerprint density at radius 3 is 2.35 bits per heavy atom. The van der Waals surface area contributed by atoms with Crippen molar-refractivity contribution in [1.82, 2.24) is 25.1 Å². The van der Waals surface area contributed by atoms with E-state index >= 15 is 0 Å². The van der Waals surface area contributed by atoms with Gasteiger partial charge in [0, 0.05) is 47.7 Å². The quantitative estimate of drug-likeness (QED) is 0.133. The molecule has 0 spiro atoms. The van der Waals surface area contributed by atoms with Crippen LogP contribution >= 0.6 is 8.58 Å². The topological polar surface area (TPSA) is 56.3 Å². The number of hydrogen-bond acceptors (Lipinski definition) is 6. The van der Waals surface area contributed by atoms with Crippen molar-refractivity contribution in [2.75, 3.05) is 64.8 Å². The smallest absolute Gasteiger partial charge is 0.0784 e. The number of rotatable bonds is 9. The number of anilines is 1. The molecule has 0 amide bonds. The molecule has 7 heteroatoms. The number of hydrogen-bond donors (Lipinski definition) is 2. The molecular weight excluding hydrogens is 619 g/mol. The van der Waals surface area contributed by atoms with E-state index in [1.807, 2.05) is 39.2 Å². The van der Waals surface area contributed by atoms with Gasteiger partial charge < -0.3 is 20.4 Å². The number of aromatic nitrogens is 2. The number of nitrogens with one attached hydrogen (secondary N) is 2. The van der Waals surface area contributed by atoms with Crippen molar-refractivity contribution in [1.29, 1.82) is 0 Å². The highest BCUT2D eigenvalue weighted by atomic mass is 31.1. The van der Waals surface area contributed by atoms with Crippen LogP contribution in [-0.2, 0) is 0 Å². The van der Waals surface area contributed by atoms with E-state index in [2.05, 4.69) is 113 Å². The molecule has 1 atom stereocenters. The maximum atomic E-state index is 4.93. The second-order valence-corrected chi connectivity index (χ2v) is 13.1. The van der Waals surface area contributed by atoms with Crippen molar-refractivity contribution >= 4 is 25.2 Å². The third kappa shape index (κ3) is 16.2. The Balaban J connectivity index is 0.000000743. The number of allylic oxidation sites excluding steroid dienone is 1. The molecular formula is C42H63N6P. The Kier molecular flexibility index (Phi) is 21.8. The zero-order valence-electron chi connectivity index (χ0n) is 31.6. The first-order chi connectivity index (χ1) is 24.0. The first-order valence-electron chi connectivity index (χ1n) is 18.5. The van der Waals surface area contributed by atoms with Crippen LogP contribution in [0.15, 0.2) is 61.1 Å². The van der Waals surface area contributed by atoms with Crippen molar-refractivity contribution in [2.45, 2.75) is 79.6 Å². The average molecular weight is 683 g/mol. The second-order valence-electron chi connectivity index (χ2n) is 12.4. The summed E-state index contributed by atoms with van der Waals surface area (Å²) in [5.41, 5.74) is 8.74. The van der Waals surface area contributed by atoms with Gasteiger partial charge in [-0.1, -0.05) is 70.8 Å². The van der Waals surface area contributed by atoms with Gasteiger partial charge in [0.2, 0.25) is 0 Å². The summed E-state index contributed by atoms with van der Waals surface area (Å²) in [5, 5.41) is 8.16. The molecule has 2 N–H and O–H groups in total. The van der Waals surface area contributed by atoms with E-state index in [-0.39, 0.29) is 0 Å². The normalized spacial score (nSPS) is 14.8. The van der Waals surface area contributed by atoms with Crippen molar-refractivity contribution < 1.29 is 0 Å². The summed E-state index contributed by atoms with van der Waals surface area (Å²) in [6, 6.07) is 12.5. The molecule has 2 fully saturated rings. The van der Waals surface area contributed by atoms with Crippen LogP contribution in [0.4, 0.5) is 5.69 Å². The molecule has 2 aromatic heterocycles. The molecule has 0 aliphatic carbocycles. The van der Waals surface area contributed by atoms with E-state index in [1.54, 1.807) is 0 Å². The fourth-order valence-electron chi connectivity index (χ4n) is 5.65. The minimum Gasteiger partial charge on any atom is -0.384 e. The molecule has 49 heavy (non-hydrogen) atoms. The Morgan fingerprint density at radius 1 is 1.02 bits per heavy atom. The molecule has 5 rings (SSSR count). The van der Waals surface area contributed by atoms with E-state index < -0.39 is 0 Å². The van der Waals surface area contributed by atoms with Crippen molar-refractivity contribution in [3.05, 3.63) is 66.6 Å². The van der Waals surface area contributed by atoms with Gasteiger partial charge in [0.1, 0.15) is 0 Å². The Labute approximate surface area is 301 Å². The fraction of sp³-hybridized carbons (Fsp3) is 0.524. The first-order valence-corrected chi connectivity index (χ1v) is 20.0. The molecule has 1 unspecified atom stereocenters. The second kappa shape index (κ2) is 25.5. The summed E-state index contributed by atoms with van der Waals surface area (Å²) in [6.07, 6.45) is 12.6. The maximum absolute atomic E-state index is 4.93. The zero-order valence-corrected chi connectivity index (χ0v) is 32.6. The van der Waals surface area contributed by atoms with Gasteiger partial charge in [-0.05, 0) is 130 Å². The van der Waals surface area contributed by atoms with Gasteiger partial charge in [0.15, 0.2) is 0 Å². The van der Waals surface area contributed by atoms with Gasteiger partial charge in [0.25, 0.3) is 0 Å². The largest absolute Gasteiger partial charge is 0.384 e. The Hall–Kier alpha value is -3.41. The minimum absolute atomic E-state index is 0.707. The van der Waals surface area contributed by atoms with Crippen molar-refractivity contribution in [3.8, 4) is 34.7 Å². The van der Waals surface area contributed by atoms with Crippen LogP contribution in [0.3, 0.4) is 0 Å². The number of nitrogens with zero attached hydrogens (tertiary/aromatic N) is 4. The van der Waals surface area contributed by atoms with E-state index in [1.165, 1.54) is 64.7 Å². The lowest BCUT2D eigenvalue weighted by molar-refractivity contribution is 0.219. The number of piperidine rings is 2. The monoisotopic (exact) mass is 682 g/mol. The Morgan fingerprint density at radius 2 is 1.71 bits per heavy atom. The van der Waals surface area contributed by atoms with Crippen LogP contribution < -0.4 is 10.6 Å². The van der Waals surface area contributed by atoms with Gasteiger partial charge in [-0.15, -0.1) is 5.92 Å². The maximum Gasteiger partial charge on any atom is 0.0784 e. The molecule has 3 aromatic rings. The molecule has 0 radical (unpaired) electrons. The average Bonchev–Trinajstić information content (AvgIpc) is 3.14. The minimum atomic E-state index is 0.707. The van der Waals surface area contributed by atoms with E-state index in [9.17, 15) is 0 Å². The summed E-state index contributed by atoms with van der Waals surface area (Å²) in [7, 11) is 2.99. The van der Waals surface area contributed by atoms with Crippen molar-refractivity contribution in [2.24, 2.45) is 5.92 Å². The predicted octanol–water partition coefficient (Wildman–Crippen LogP) is 9.10. The van der Waals surface area contributed by atoms with Crippen LogP contribution in [0, 0.1) is 29.3 Å². The van der Waals surface area contributed by atoms with Gasteiger partial charge >= 0.3 is 0 Å². The molecule has 1 aromatic carbocycles. The van der Waals surface area contributed by atoms with Gasteiger partial charge in [-0.2, -0.15) is 0 Å². The summed E-state index contributed by atoms with van der Waals surface area (Å²) < 4.78 is 0. The molecule has 266 valence electrons. The standard InChI is InChI=1S/C33H42N6.C4H7P.C3H8.C2H6/c1-26(36-24-28-14-21-38(2)22-15-28)7-8-27-9-11-29(12-10-27)32-23-33(30-25-34-17-13-31(30)37-32)35-16-6-20-39-18-4-3-5-19-39;1-3-4-5-2;1-3-2;1-2/h9-13,17,23,25,28,36H,1,3-6,14-16,18-22,24H2,2H3,(H,35,37);5H,1-2H3;3H2,1-2H3;1-2H3. The lowest BCUT2D eigenvalue weighted by Crippen LogP contribution is -2.34. The predicted molar refractivity (Wildman–Crippen MR) is 218 cm³/mol. The molecule has 2 aliphatic rings. The first kappa shape index (κ1) is 41.8. The van der Waals surface area contributed by atoms with Gasteiger partial charge in [-0.25, -0.2) is 4.98 Å². The van der Waals surface area contributed by atoms with Gasteiger partial charge in [0.05, 0.1) is 16.9 Å². The molecule has 6 nitrogen and oxygen atoms in total. The van der Waals surface area contributed by atoms with E-state index in [0.717, 1.165) is 73.7 Å². The molecule has 2 saturated heterocycles. The summed E-state index contributed by atoms with van der Waals surface area (Å²) in [6.45, 7) is 24.2. The van der Waals surface area contributed by atoms with Crippen LogP contribution in [0.25, 0.3) is 22.2 Å². The number of pyridine rings is 2. The highest BCUT2D eigenvalue weighted by molar-refractivity contribution is 7.43. The zero-order chi connectivity index (χ0) is 35.7. The van der Waals surface area contributed by atoms with Gasteiger partial charge in [-0.3, -0.25) is 4.98 Å². The van der Waals surface area contributed by atoms with Crippen LogP contribution in [0.5, 0.6) is 0 Å². The van der Waals surface area contributed by atoms with Crippen LogP contribution in [0.1, 0.15) is 85.1 Å². The molecule has 0 bridgehead atoms. The lowest BCUT2D eigenvalue weighted by Gasteiger charge is -2.29. The third-order valence-electron chi connectivity index (χ3n) is 8.26. The molecule has 0 saturated carbocycles. The lowest BCUT2D eigenvalue weighted by atomic mass is 9.97. The third-order valence-corrected chi connectivity index (χ3v) is 8.76. The van der Waals surface area contributed by atoms with Crippen LogP contribution in [0.2, 0.25) is 0 Å². The van der Waals surface area contributed by atoms with E-state index in [0.29, 0.717) is 5.92 Å². The number of likely N-dealkylation sites (tertiary alicyclic amines) is 2. The number of benzene rings is 1. The van der Waals surface area contributed by atoms with Crippen molar-refractivity contribution in [3.63, 3.8) is 0 Å². The summed E-state index contributed by atoms with van der Waals surface area (Å²) >= 11 is 0. The molecule has 4 heterocycles. The highest BCUT2D eigenvalue weighted by Crippen LogP contribution is 2.28. The fourth-order valence-corrected chi connectivity index (χ4v) is 5.90. The summed E-state index contributed by atoms with van der Waals surface area (Å²) in [4.78, 5) is 14.3.